The van der Waals surface area contributed by atoms with Gasteiger partial charge < -0.3 is 5.32 Å². The lowest BCUT2D eigenvalue weighted by Gasteiger charge is -2.20. The maximum atomic E-state index is 11.4. The standard InChI is InChI=1S/C9H15NO/c1-3-9(2)6-4-5-7-10-8(9)11/h3H,1,4-7H2,2H3,(H,10,11). The van der Waals surface area contributed by atoms with Crippen LogP contribution < -0.4 is 5.32 Å². The van der Waals surface area contributed by atoms with E-state index < -0.39 is 0 Å². The summed E-state index contributed by atoms with van der Waals surface area (Å²) in [6, 6.07) is 0. The van der Waals surface area contributed by atoms with E-state index in [2.05, 4.69) is 11.9 Å². The Morgan fingerprint density at radius 1 is 1.64 bits per heavy atom. The molecule has 1 rings (SSSR count). The van der Waals surface area contributed by atoms with Gasteiger partial charge in [-0.1, -0.05) is 12.5 Å². The van der Waals surface area contributed by atoms with E-state index in [-0.39, 0.29) is 11.3 Å². The van der Waals surface area contributed by atoms with Crippen molar-refractivity contribution in [3.63, 3.8) is 0 Å². The third-order valence-electron chi connectivity index (χ3n) is 2.38. The largest absolute Gasteiger partial charge is 0.355 e. The van der Waals surface area contributed by atoms with Crippen LogP contribution in [0.15, 0.2) is 12.7 Å². The van der Waals surface area contributed by atoms with E-state index in [1.54, 1.807) is 6.08 Å². The smallest absolute Gasteiger partial charge is 0.229 e. The summed E-state index contributed by atoms with van der Waals surface area (Å²) in [5.41, 5.74) is -0.323. The fourth-order valence-electron chi connectivity index (χ4n) is 1.33. The van der Waals surface area contributed by atoms with Crippen molar-refractivity contribution in [3.05, 3.63) is 12.7 Å². The summed E-state index contributed by atoms with van der Waals surface area (Å²) in [5, 5.41) is 2.88. The molecule has 1 N–H and O–H groups in total. The molecule has 1 aliphatic heterocycles. The molecule has 1 atom stereocenters. The van der Waals surface area contributed by atoms with Crippen LogP contribution in [-0.4, -0.2) is 12.5 Å². The molecule has 0 bridgehead atoms. The average molecular weight is 153 g/mol. The van der Waals surface area contributed by atoms with Gasteiger partial charge in [0.2, 0.25) is 5.91 Å². The molecule has 1 unspecified atom stereocenters. The van der Waals surface area contributed by atoms with Crippen molar-refractivity contribution in [3.8, 4) is 0 Å². The van der Waals surface area contributed by atoms with Gasteiger partial charge >= 0.3 is 0 Å². The summed E-state index contributed by atoms with van der Waals surface area (Å²) in [5.74, 6) is 0.130. The van der Waals surface area contributed by atoms with Gasteiger partial charge in [0.1, 0.15) is 0 Å². The third kappa shape index (κ3) is 1.62. The van der Waals surface area contributed by atoms with Gasteiger partial charge in [-0.3, -0.25) is 4.79 Å². The maximum absolute atomic E-state index is 11.4. The van der Waals surface area contributed by atoms with Crippen molar-refractivity contribution < 1.29 is 4.79 Å². The molecular formula is C9H15NO. The molecule has 2 heteroatoms. The molecule has 2 nitrogen and oxygen atoms in total. The van der Waals surface area contributed by atoms with Gasteiger partial charge in [-0.05, 0) is 19.8 Å². The summed E-state index contributed by atoms with van der Waals surface area (Å²) in [6.07, 6.45) is 4.90. The molecule has 1 saturated heterocycles. The molecule has 0 aromatic rings. The third-order valence-corrected chi connectivity index (χ3v) is 2.38. The van der Waals surface area contributed by atoms with E-state index >= 15 is 0 Å². The number of carbonyl (C=O) groups is 1. The Hall–Kier alpha value is -0.790. The first-order chi connectivity index (χ1) is 5.19. The second-order valence-electron chi connectivity index (χ2n) is 3.33. The molecule has 1 aliphatic rings. The molecule has 1 fully saturated rings. The molecular weight excluding hydrogens is 138 g/mol. The van der Waals surface area contributed by atoms with E-state index in [9.17, 15) is 4.79 Å². The number of nitrogens with one attached hydrogen (secondary N) is 1. The van der Waals surface area contributed by atoms with Crippen LogP contribution >= 0.6 is 0 Å². The fourth-order valence-corrected chi connectivity index (χ4v) is 1.33. The zero-order valence-corrected chi connectivity index (χ0v) is 7.02. The Morgan fingerprint density at radius 2 is 2.36 bits per heavy atom. The zero-order valence-electron chi connectivity index (χ0n) is 7.02. The van der Waals surface area contributed by atoms with E-state index in [1.165, 1.54) is 0 Å². The van der Waals surface area contributed by atoms with Gasteiger partial charge in [0.15, 0.2) is 0 Å². The van der Waals surface area contributed by atoms with Crippen molar-refractivity contribution in [2.45, 2.75) is 26.2 Å². The van der Waals surface area contributed by atoms with Crippen molar-refractivity contribution >= 4 is 5.91 Å². The van der Waals surface area contributed by atoms with Gasteiger partial charge in [0.05, 0.1) is 5.41 Å². The molecule has 11 heavy (non-hydrogen) atoms. The highest BCUT2D eigenvalue weighted by atomic mass is 16.2. The molecule has 0 aliphatic carbocycles. The monoisotopic (exact) mass is 153 g/mol. The minimum atomic E-state index is -0.323. The van der Waals surface area contributed by atoms with E-state index in [4.69, 9.17) is 0 Å². The number of carbonyl (C=O) groups excluding carboxylic acids is 1. The first kappa shape index (κ1) is 8.31. The van der Waals surface area contributed by atoms with E-state index in [0.717, 1.165) is 25.8 Å². The van der Waals surface area contributed by atoms with Gasteiger partial charge in [0, 0.05) is 6.54 Å². The van der Waals surface area contributed by atoms with Crippen molar-refractivity contribution in [1.82, 2.24) is 5.32 Å². The van der Waals surface area contributed by atoms with Gasteiger partial charge in [-0.25, -0.2) is 0 Å². The lowest BCUT2D eigenvalue weighted by atomic mass is 9.85. The molecule has 62 valence electrons. The van der Waals surface area contributed by atoms with Crippen LogP contribution in [0.4, 0.5) is 0 Å². The van der Waals surface area contributed by atoms with Crippen molar-refractivity contribution in [1.29, 1.82) is 0 Å². The van der Waals surface area contributed by atoms with Gasteiger partial charge in [-0.15, -0.1) is 6.58 Å². The van der Waals surface area contributed by atoms with Crippen LogP contribution in [0.5, 0.6) is 0 Å². The molecule has 1 heterocycles. The predicted octanol–water partition coefficient (Wildman–Crippen LogP) is 1.48. The molecule has 0 spiro atoms. The summed E-state index contributed by atoms with van der Waals surface area (Å²) in [4.78, 5) is 11.4. The first-order valence-electron chi connectivity index (χ1n) is 4.11. The second kappa shape index (κ2) is 3.07. The van der Waals surface area contributed by atoms with Crippen LogP contribution in [0, 0.1) is 5.41 Å². The molecule has 1 amide bonds. The second-order valence-corrected chi connectivity index (χ2v) is 3.33. The van der Waals surface area contributed by atoms with Gasteiger partial charge in [0.25, 0.3) is 0 Å². The van der Waals surface area contributed by atoms with Crippen molar-refractivity contribution in [2.24, 2.45) is 5.41 Å². The number of hydrogen-bond acceptors (Lipinski definition) is 1. The van der Waals surface area contributed by atoms with Crippen LogP contribution in [-0.2, 0) is 4.79 Å². The SMILES string of the molecule is C=CC1(C)CCCCNC1=O. The molecule has 0 aromatic heterocycles. The van der Waals surface area contributed by atoms with Crippen LogP contribution in [0.3, 0.4) is 0 Å². The highest BCUT2D eigenvalue weighted by molar-refractivity contribution is 5.84. The Labute approximate surface area is 67.7 Å². The topological polar surface area (TPSA) is 29.1 Å². The van der Waals surface area contributed by atoms with Crippen LogP contribution in [0.25, 0.3) is 0 Å². The molecule has 0 saturated carbocycles. The van der Waals surface area contributed by atoms with Crippen molar-refractivity contribution in [2.75, 3.05) is 6.54 Å². The van der Waals surface area contributed by atoms with E-state index in [0.29, 0.717) is 0 Å². The normalized spacial score (nSPS) is 32.3. The lowest BCUT2D eigenvalue weighted by molar-refractivity contribution is -0.127. The molecule has 0 aromatic carbocycles. The first-order valence-corrected chi connectivity index (χ1v) is 4.11. The Kier molecular flexibility index (Phi) is 2.32. The maximum Gasteiger partial charge on any atom is 0.229 e. The Morgan fingerprint density at radius 3 is 3.00 bits per heavy atom. The highest BCUT2D eigenvalue weighted by Crippen LogP contribution is 2.27. The van der Waals surface area contributed by atoms with Crippen LogP contribution in [0.1, 0.15) is 26.2 Å². The predicted molar refractivity (Wildman–Crippen MR) is 45.2 cm³/mol. The Balaban J connectivity index is 2.73. The number of hydrogen-bond donors (Lipinski definition) is 1. The minimum absolute atomic E-state index is 0.130. The summed E-state index contributed by atoms with van der Waals surface area (Å²) >= 11 is 0. The summed E-state index contributed by atoms with van der Waals surface area (Å²) < 4.78 is 0. The lowest BCUT2D eigenvalue weighted by Crippen LogP contribution is -2.35. The summed E-state index contributed by atoms with van der Waals surface area (Å²) in [7, 11) is 0. The summed E-state index contributed by atoms with van der Waals surface area (Å²) in [6.45, 7) is 6.45. The van der Waals surface area contributed by atoms with E-state index in [1.807, 2.05) is 6.92 Å². The minimum Gasteiger partial charge on any atom is -0.355 e. The Bertz CT molecular complexity index is 176. The quantitative estimate of drug-likeness (QED) is 0.568. The fraction of sp³-hybridized carbons (Fsp3) is 0.667. The molecule has 0 radical (unpaired) electrons. The zero-order chi connectivity index (χ0) is 8.32. The van der Waals surface area contributed by atoms with Crippen LogP contribution in [0.2, 0.25) is 0 Å². The average Bonchev–Trinajstić information content (AvgIpc) is 2.16. The number of amides is 1. The van der Waals surface area contributed by atoms with Gasteiger partial charge in [-0.2, -0.15) is 0 Å². The highest BCUT2D eigenvalue weighted by Gasteiger charge is 2.30. The number of rotatable bonds is 1.